The first kappa shape index (κ1) is 10.8. The summed E-state index contributed by atoms with van der Waals surface area (Å²) in [6.45, 7) is 2.50. The fourth-order valence-corrected chi connectivity index (χ4v) is 0.849. The molecule has 0 rings (SSSR count). The number of nitrogens with one attached hydrogen (secondary N) is 1. The van der Waals surface area contributed by atoms with Crippen LogP contribution in [-0.4, -0.2) is 44.6 Å². The highest BCUT2D eigenvalue weighted by atomic mass is 19.3. The Kier molecular flexibility index (Phi) is 5.32. The van der Waals surface area contributed by atoms with Crippen molar-refractivity contribution in [3.05, 3.63) is 0 Å². The van der Waals surface area contributed by atoms with E-state index < -0.39 is 6.43 Å². The number of hydrogen-bond acceptors (Lipinski definition) is 2. The molecule has 0 fully saturated rings. The maximum Gasteiger partial charge on any atom is 0.251 e. The van der Waals surface area contributed by atoms with Gasteiger partial charge in [-0.15, -0.1) is 0 Å². The third-order valence-corrected chi connectivity index (χ3v) is 1.68. The normalized spacial score (nSPS) is 14.5. The molecule has 0 saturated heterocycles. The largest absolute Gasteiger partial charge is 0.318 e. The smallest absolute Gasteiger partial charge is 0.251 e. The van der Waals surface area contributed by atoms with Gasteiger partial charge in [0.15, 0.2) is 0 Å². The van der Waals surface area contributed by atoms with Crippen LogP contribution in [0.5, 0.6) is 0 Å². The van der Waals surface area contributed by atoms with E-state index in [2.05, 4.69) is 5.32 Å². The third-order valence-electron chi connectivity index (χ3n) is 1.68. The lowest BCUT2D eigenvalue weighted by atomic mass is 10.3. The molecule has 68 valence electrons. The standard InChI is InChI=1S/C7H16F2N2/c1-6(4-10-2)11(3)5-7(8)9/h6-7,10H,4-5H2,1-3H3. The van der Waals surface area contributed by atoms with Crippen LogP contribution in [0.3, 0.4) is 0 Å². The second-order valence-corrected chi connectivity index (χ2v) is 2.74. The maximum atomic E-state index is 11.8. The van der Waals surface area contributed by atoms with Gasteiger partial charge in [-0.3, -0.25) is 4.90 Å². The molecule has 0 aromatic rings. The Morgan fingerprint density at radius 2 is 2.00 bits per heavy atom. The summed E-state index contributed by atoms with van der Waals surface area (Å²) in [6.07, 6.45) is -2.24. The average molecular weight is 166 g/mol. The van der Waals surface area contributed by atoms with E-state index in [4.69, 9.17) is 0 Å². The van der Waals surface area contributed by atoms with E-state index in [0.29, 0.717) is 0 Å². The zero-order chi connectivity index (χ0) is 8.85. The van der Waals surface area contributed by atoms with Crippen molar-refractivity contribution in [2.75, 3.05) is 27.2 Å². The van der Waals surface area contributed by atoms with Crippen LogP contribution in [0.1, 0.15) is 6.92 Å². The van der Waals surface area contributed by atoms with Crippen LogP contribution in [0.25, 0.3) is 0 Å². The molecule has 0 radical (unpaired) electrons. The van der Waals surface area contributed by atoms with E-state index in [9.17, 15) is 8.78 Å². The fraction of sp³-hybridized carbons (Fsp3) is 1.00. The van der Waals surface area contributed by atoms with Crippen LogP contribution >= 0.6 is 0 Å². The molecular weight excluding hydrogens is 150 g/mol. The molecule has 11 heavy (non-hydrogen) atoms. The van der Waals surface area contributed by atoms with Crippen molar-refractivity contribution in [3.63, 3.8) is 0 Å². The molecule has 0 aliphatic rings. The molecule has 0 spiro atoms. The fourth-order valence-electron chi connectivity index (χ4n) is 0.849. The van der Waals surface area contributed by atoms with E-state index in [1.807, 2.05) is 14.0 Å². The van der Waals surface area contributed by atoms with Crippen molar-refractivity contribution >= 4 is 0 Å². The number of nitrogens with zero attached hydrogens (tertiary/aromatic N) is 1. The number of halogens is 2. The first-order chi connectivity index (χ1) is 5.07. The van der Waals surface area contributed by atoms with Gasteiger partial charge in [0.05, 0.1) is 6.54 Å². The summed E-state index contributed by atoms with van der Waals surface area (Å²) in [4.78, 5) is 1.64. The van der Waals surface area contributed by atoms with Crippen molar-refractivity contribution < 1.29 is 8.78 Å². The zero-order valence-electron chi connectivity index (χ0n) is 7.27. The Labute approximate surface area is 66.6 Å². The van der Waals surface area contributed by atoms with Crippen LogP contribution in [0.4, 0.5) is 8.78 Å². The SMILES string of the molecule is CNCC(C)N(C)CC(F)F. The quantitative estimate of drug-likeness (QED) is 0.649. The minimum atomic E-state index is -2.24. The highest BCUT2D eigenvalue weighted by molar-refractivity contribution is 4.65. The summed E-state index contributed by atoms with van der Waals surface area (Å²) in [5, 5.41) is 2.94. The van der Waals surface area contributed by atoms with Crippen molar-refractivity contribution in [3.8, 4) is 0 Å². The lowest BCUT2D eigenvalue weighted by Crippen LogP contribution is -2.39. The van der Waals surface area contributed by atoms with Gasteiger partial charge in [-0.2, -0.15) is 0 Å². The molecule has 0 amide bonds. The van der Waals surface area contributed by atoms with Gasteiger partial charge in [-0.1, -0.05) is 0 Å². The molecule has 0 heterocycles. The minimum absolute atomic E-state index is 0.150. The molecule has 0 aliphatic carbocycles. The molecule has 4 heteroatoms. The molecule has 0 bridgehead atoms. The average Bonchev–Trinajstić information content (AvgIpc) is 1.86. The topological polar surface area (TPSA) is 15.3 Å². The summed E-state index contributed by atoms with van der Waals surface area (Å²) in [7, 11) is 3.51. The predicted molar refractivity (Wildman–Crippen MR) is 42.0 cm³/mol. The van der Waals surface area contributed by atoms with Crippen LogP contribution in [-0.2, 0) is 0 Å². The Balaban J connectivity index is 3.54. The van der Waals surface area contributed by atoms with Gasteiger partial charge in [0.25, 0.3) is 6.43 Å². The second-order valence-electron chi connectivity index (χ2n) is 2.74. The van der Waals surface area contributed by atoms with E-state index in [1.54, 1.807) is 11.9 Å². The molecule has 0 aliphatic heterocycles. The number of hydrogen-bond donors (Lipinski definition) is 1. The van der Waals surface area contributed by atoms with E-state index in [1.165, 1.54) is 0 Å². The Hall–Kier alpha value is -0.220. The molecule has 2 nitrogen and oxygen atoms in total. The monoisotopic (exact) mass is 166 g/mol. The van der Waals surface area contributed by atoms with Gasteiger partial charge < -0.3 is 5.32 Å². The number of rotatable bonds is 5. The van der Waals surface area contributed by atoms with E-state index >= 15 is 0 Å². The minimum Gasteiger partial charge on any atom is -0.318 e. The first-order valence-corrected chi connectivity index (χ1v) is 3.71. The second kappa shape index (κ2) is 5.43. The number of alkyl halides is 2. The summed E-state index contributed by atoms with van der Waals surface area (Å²) in [5.41, 5.74) is 0. The third kappa shape index (κ3) is 5.09. The molecule has 1 atom stereocenters. The van der Waals surface area contributed by atoms with Gasteiger partial charge in [-0.05, 0) is 21.0 Å². The Morgan fingerprint density at radius 3 is 2.36 bits per heavy atom. The summed E-state index contributed by atoms with van der Waals surface area (Å²) < 4.78 is 23.6. The molecule has 0 saturated carbocycles. The summed E-state index contributed by atoms with van der Waals surface area (Å²) in [6, 6.07) is 0.161. The lowest BCUT2D eigenvalue weighted by Gasteiger charge is -2.23. The lowest BCUT2D eigenvalue weighted by molar-refractivity contribution is 0.0845. The summed E-state index contributed by atoms with van der Waals surface area (Å²) in [5.74, 6) is 0. The van der Waals surface area contributed by atoms with Crippen molar-refractivity contribution in [2.24, 2.45) is 0 Å². The molecule has 0 aromatic carbocycles. The maximum absolute atomic E-state index is 11.8. The molecule has 1 N–H and O–H groups in total. The van der Waals surface area contributed by atoms with Gasteiger partial charge in [0.2, 0.25) is 0 Å². The van der Waals surface area contributed by atoms with Crippen LogP contribution < -0.4 is 5.32 Å². The van der Waals surface area contributed by atoms with Crippen LogP contribution in [0.2, 0.25) is 0 Å². The van der Waals surface area contributed by atoms with Crippen molar-refractivity contribution in [1.82, 2.24) is 10.2 Å². The molecular formula is C7H16F2N2. The van der Waals surface area contributed by atoms with Crippen LogP contribution in [0, 0.1) is 0 Å². The van der Waals surface area contributed by atoms with E-state index in [-0.39, 0.29) is 12.6 Å². The van der Waals surface area contributed by atoms with Gasteiger partial charge >= 0.3 is 0 Å². The number of likely N-dealkylation sites (N-methyl/N-ethyl adjacent to an activating group) is 2. The van der Waals surface area contributed by atoms with Gasteiger partial charge in [0, 0.05) is 12.6 Å². The predicted octanol–water partition coefficient (Wildman–Crippen LogP) is 0.791. The van der Waals surface area contributed by atoms with Gasteiger partial charge in [-0.25, -0.2) is 8.78 Å². The van der Waals surface area contributed by atoms with Crippen molar-refractivity contribution in [1.29, 1.82) is 0 Å². The molecule has 1 unspecified atom stereocenters. The van der Waals surface area contributed by atoms with Crippen LogP contribution in [0.15, 0.2) is 0 Å². The highest BCUT2D eigenvalue weighted by Crippen LogP contribution is 1.99. The Morgan fingerprint density at radius 1 is 1.45 bits per heavy atom. The highest BCUT2D eigenvalue weighted by Gasteiger charge is 2.12. The first-order valence-electron chi connectivity index (χ1n) is 3.71. The van der Waals surface area contributed by atoms with E-state index in [0.717, 1.165) is 6.54 Å². The van der Waals surface area contributed by atoms with Gasteiger partial charge in [0.1, 0.15) is 0 Å². The summed E-state index contributed by atoms with van der Waals surface area (Å²) >= 11 is 0. The van der Waals surface area contributed by atoms with Crippen molar-refractivity contribution in [2.45, 2.75) is 19.4 Å². The molecule has 0 aromatic heterocycles. The zero-order valence-corrected chi connectivity index (χ0v) is 7.27. The Bertz CT molecular complexity index is 98.4.